The minimum atomic E-state index is -3.63. The van der Waals surface area contributed by atoms with Gasteiger partial charge in [-0.1, -0.05) is 38.1 Å². The number of nitrogens with one attached hydrogen (secondary N) is 2. The van der Waals surface area contributed by atoms with Gasteiger partial charge in [0.1, 0.15) is 4.21 Å². The number of fused-ring (bicyclic) bond motifs is 1. The van der Waals surface area contributed by atoms with Crippen LogP contribution >= 0.6 is 11.3 Å². The van der Waals surface area contributed by atoms with E-state index in [1.54, 1.807) is 41.9 Å². The van der Waals surface area contributed by atoms with Gasteiger partial charge in [0.25, 0.3) is 15.9 Å². The van der Waals surface area contributed by atoms with E-state index in [9.17, 15) is 13.2 Å². The molecule has 2 aromatic carbocycles. The van der Waals surface area contributed by atoms with Gasteiger partial charge < -0.3 is 4.90 Å². The number of thiophene rings is 1. The highest BCUT2D eigenvalue weighted by atomic mass is 32.2. The van der Waals surface area contributed by atoms with E-state index in [2.05, 4.69) is 46.1 Å². The van der Waals surface area contributed by atoms with Gasteiger partial charge in [0.15, 0.2) is 0 Å². The van der Waals surface area contributed by atoms with Gasteiger partial charge in [-0.05, 0) is 53.4 Å². The van der Waals surface area contributed by atoms with E-state index in [1.807, 2.05) is 25.3 Å². The molecule has 1 aliphatic heterocycles. The number of allylic oxidation sites excluding steroid dienone is 2. The SMILES string of the molecule is CN1C(=CC=NNC(=O)c2ccc(NS(=O)(=O)c3cccs3)cc2)C(C)(C)c2ccccc21. The summed E-state index contributed by atoms with van der Waals surface area (Å²) >= 11 is 1.14. The molecule has 2 heterocycles. The van der Waals surface area contributed by atoms with Crippen molar-refractivity contribution in [2.45, 2.75) is 23.5 Å². The molecule has 0 spiro atoms. The van der Waals surface area contributed by atoms with Crippen molar-refractivity contribution in [1.82, 2.24) is 5.43 Å². The molecule has 2 N–H and O–H groups in total. The number of carbonyl (C=O) groups is 1. The van der Waals surface area contributed by atoms with Gasteiger partial charge >= 0.3 is 0 Å². The average molecular weight is 481 g/mol. The summed E-state index contributed by atoms with van der Waals surface area (Å²) in [5.74, 6) is -0.389. The van der Waals surface area contributed by atoms with Crippen molar-refractivity contribution in [1.29, 1.82) is 0 Å². The molecular weight excluding hydrogens is 456 g/mol. The lowest BCUT2D eigenvalue weighted by Gasteiger charge is -2.23. The first-order valence-electron chi connectivity index (χ1n) is 10.2. The summed E-state index contributed by atoms with van der Waals surface area (Å²) in [7, 11) is -1.61. The lowest BCUT2D eigenvalue weighted by molar-refractivity contribution is 0.0955. The smallest absolute Gasteiger partial charge is 0.271 e. The number of rotatable bonds is 6. The van der Waals surface area contributed by atoms with E-state index in [0.29, 0.717) is 11.3 Å². The normalized spacial score (nSPS) is 16.2. The summed E-state index contributed by atoms with van der Waals surface area (Å²) in [5, 5.41) is 5.75. The van der Waals surface area contributed by atoms with E-state index >= 15 is 0 Å². The van der Waals surface area contributed by atoms with Crippen molar-refractivity contribution in [3.63, 3.8) is 0 Å². The Bertz CT molecular complexity index is 1330. The van der Waals surface area contributed by atoms with Crippen molar-refractivity contribution in [2.24, 2.45) is 5.10 Å². The molecule has 0 atom stereocenters. The Hall–Kier alpha value is -3.43. The summed E-state index contributed by atoms with van der Waals surface area (Å²) < 4.78 is 27.3. The van der Waals surface area contributed by atoms with Crippen LogP contribution in [0, 0.1) is 0 Å². The number of nitrogens with zero attached hydrogens (tertiary/aromatic N) is 2. The molecule has 0 radical (unpaired) electrons. The van der Waals surface area contributed by atoms with E-state index in [0.717, 1.165) is 22.7 Å². The molecule has 1 amide bonds. The first-order chi connectivity index (χ1) is 15.7. The van der Waals surface area contributed by atoms with Crippen LogP contribution in [0.1, 0.15) is 29.8 Å². The number of para-hydroxylation sites is 1. The van der Waals surface area contributed by atoms with Crippen LogP contribution in [-0.2, 0) is 15.4 Å². The maximum absolute atomic E-state index is 12.4. The minimum Gasteiger partial charge on any atom is -0.347 e. The Kier molecular flexibility index (Phi) is 6.09. The molecule has 0 saturated heterocycles. The van der Waals surface area contributed by atoms with E-state index < -0.39 is 10.0 Å². The third-order valence-corrected chi connectivity index (χ3v) is 8.35. The standard InChI is InChI=1S/C24H24N4O3S2/c1-24(2)19-7-4-5-8-20(19)28(3)21(24)14-15-25-26-23(29)17-10-12-18(13-11-17)27-33(30,31)22-9-6-16-32-22/h4-16,27H,1-3H3,(H,26,29). The molecule has 0 aliphatic carbocycles. The molecular formula is C24H24N4O3S2. The Morgan fingerprint density at radius 2 is 1.79 bits per heavy atom. The van der Waals surface area contributed by atoms with Crippen molar-refractivity contribution < 1.29 is 13.2 Å². The zero-order valence-electron chi connectivity index (χ0n) is 18.4. The maximum Gasteiger partial charge on any atom is 0.271 e. The number of sulfonamides is 1. The Balaban J connectivity index is 1.39. The van der Waals surface area contributed by atoms with Crippen LogP contribution in [0.4, 0.5) is 11.4 Å². The van der Waals surface area contributed by atoms with Crippen LogP contribution in [0.2, 0.25) is 0 Å². The van der Waals surface area contributed by atoms with Crippen LogP contribution < -0.4 is 15.0 Å². The van der Waals surface area contributed by atoms with Crippen LogP contribution in [-0.4, -0.2) is 27.6 Å². The highest BCUT2D eigenvalue weighted by molar-refractivity contribution is 7.94. The summed E-state index contributed by atoms with van der Waals surface area (Å²) in [5.41, 5.74) is 6.54. The van der Waals surface area contributed by atoms with Gasteiger partial charge in [-0.15, -0.1) is 11.3 Å². The largest absolute Gasteiger partial charge is 0.347 e. The van der Waals surface area contributed by atoms with Crippen molar-refractivity contribution in [3.05, 3.63) is 88.9 Å². The third-order valence-electron chi connectivity index (χ3n) is 5.57. The molecule has 0 fully saturated rings. The monoisotopic (exact) mass is 480 g/mol. The van der Waals surface area contributed by atoms with Gasteiger partial charge in [-0.2, -0.15) is 5.10 Å². The molecule has 0 unspecified atom stereocenters. The van der Waals surface area contributed by atoms with Crippen LogP contribution in [0.15, 0.2) is 87.1 Å². The molecule has 9 heteroatoms. The topological polar surface area (TPSA) is 90.9 Å². The predicted octanol–water partition coefficient (Wildman–Crippen LogP) is 4.58. The van der Waals surface area contributed by atoms with Crippen molar-refractivity contribution >= 4 is 44.9 Å². The number of hydrogen-bond acceptors (Lipinski definition) is 6. The number of hydrazone groups is 1. The summed E-state index contributed by atoms with van der Waals surface area (Å²) in [6, 6.07) is 17.6. The Morgan fingerprint density at radius 3 is 2.45 bits per heavy atom. The number of benzene rings is 2. The van der Waals surface area contributed by atoms with Crippen molar-refractivity contribution in [2.75, 3.05) is 16.7 Å². The predicted molar refractivity (Wildman–Crippen MR) is 133 cm³/mol. The average Bonchev–Trinajstić information content (AvgIpc) is 3.40. The fourth-order valence-electron chi connectivity index (χ4n) is 3.88. The Labute approximate surface area is 197 Å². The molecule has 170 valence electrons. The number of anilines is 2. The third kappa shape index (κ3) is 4.55. The fraction of sp³-hybridized carbons (Fsp3) is 0.167. The molecule has 7 nitrogen and oxygen atoms in total. The molecule has 1 aliphatic rings. The lowest BCUT2D eigenvalue weighted by Crippen LogP contribution is -2.23. The highest BCUT2D eigenvalue weighted by Crippen LogP contribution is 2.46. The van der Waals surface area contributed by atoms with Crippen LogP contribution in [0.3, 0.4) is 0 Å². The zero-order valence-corrected chi connectivity index (χ0v) is 20.1. The molecule has 33 heavy (non-hydrogen) atoms. The second-order valence-corrected chi connectivity index (χ2v) is 10.9. The zero-order chi connectivity index (χ0) is 23.6. The van der Waals surface area contributed by atoms with Gasteiger partial charge in [-0.3, -0.25) is 9.52 Å². The number of hydrogen-bond donors (Lipinski definition) is 2. The second kappa shape index (κ2) is 8.84. The minimum absolute atomic E-state index is 0.173. The van der Waals surface area contributed by atoms with E-state index in [-0.39, 0.29) is 15.5 Å². The van der Waals surface area contributed by atoms with E-state index in [1.165, 1.54) is 11.6 Å². The summed E-state index contributed by atoms with van der Waals surface area (Å²) in [4.78, 5) is 14.5. The second-order valence-electron chi connectivity index (χ2n) is 8.09. The van der Waals surface area contributed by atoms with E-state index in [4.69, 9.17) is 0 Å². The first kappa shape index (κ1) is 22.8. The molecule has 0 bridgehead atoms. The molecule has 4 rings (SSSR count). The molecule has 1 aromatic heterocycles. The van der Waals surface area contributed by atoms with Crippen LogP contribution in [0.5, 0.6) is 0 Å². The Morgan fingerprint density at radius 1 is 1.06 bits per heavy atom. The lowest BCUT2D eigenvalue weighted by atomic mass is 9.84. The first-order valence-corrected chi connectivity index (χ1v) is 12.6. The van der Waals surface area contributed by atoms with Gasteiger partial charge in [-0.25, -0.2) is 13.8 Å². The van der Waals surface area contributed by atoms with Crippen LogP contribution in [0.25, 0.3) is 0 Å². The van der Waals surface area contributed by atoms with Gasteiger partial charge in [0.2, 0.25) is 0 Å². The molecule has 3 aromatic rings. The fourth-order valence-corrected chi connectivity index (χ4v) is 5.93. The number of likely N-dealkylation sites (N-methyl/N-ethyl adjacent to an activating group) is 1. The number of amides is 1. The summed E-state index contributed by atoms with van der Waals surface area (Å²) in [6.45, 7) is 4.31. The number of carbonyl (C=O) groups excluding carboxylic acids is 1. The van der Waals surface area contributed by atoms with Gasteiger partial charge in [0, 0.05) is 41.3 Å². The molecule has 0 saturated carbocycles. The quantitative estimate of drug-likeness (QED) is 0.399. The maximum atomic E-state index is 12.4. The summed E-state index contributed by atoms with van der Waals surface area (Å²) in [6.07, 6.45) is 3.46. The highest BCUT2D eigenvalue weighted by Gasteiger charge is 2.37. The van der Waals surface area contributed by atoms with Crippen molar-refractivity contribution in [3.8, 4) is 0 Å². The van der Waals surface area contributed by atoms with Gasteiger partial charge in [0.05, 0.1) is 0 Å².